The molecule has 1 aromatic carbocycles. The number of carbonyl (C=O) groups excluding carboxylic acids is 2. The molecule has 0 atom stereocenters. The van der Waals surface area contributed by atoms with E-state index in [1.807, 2.05) is 30.3 Å². The van der Waals surface area contributed by atoms with Crippen LogP contribution in [0.3, 0.4) is 0 Å². The molecule has 0 saturated heterocycles. The summed E-state index contributed by atoms with van der Waals surface area (Å²) in [7, 11) is 0. The van der Waals surface area contributed by atoms with Gasteiger partial charge in [0.1, 0.15) is 5.78 Å². The highest BCUT2D eigenvalue weighted by Gasteiger charge is 2.02. The highest BCUT2D eigenvalue weighted by Crippen LogP contribution is 1.98. The third kappa shape index (κ3) is 4.96. The van der Waals surface area contributed by atoms with Crippen molar-refractivity contribution in [2.24, 2.45) is 0 Å². The van der Waals surface area contributed by atoms with Gasteiger partial charge >= 0.3 is 0 Å². The van der Waals surface area contributed by atoms with Crippen molar-refractivity contribution >= 4 is 11.7 Å². The largest absolute Gasteiger partial charge is 0.355 e. The van der Waals surface area contributed by atoms with Gasteiger partial charge in [-0.2, -0.15) is 0 Å². The van der Waals surface area contributed by atoms with Gasteiger partial charge in [-0.05, 0) is 12.5 Å². The number of carbonyl (C=O) groups is 2. The molecule has 0 spiro atoms. The van der Waals surface area contributed by atoms with Crippen molar-refractivity contribution in [1.29, 1.82) is 0 Å². The normalized spacial score (nSPS) is 9.67. The van der Waals surface area contributed by atoms with Gasteiger partial charge in [0.25, 0.3) is 0 Å². The fourth-order valence-electron chi connectivity index (χ4n) is 1.22. The van der Waals surface area contributed by atoms with Crippen LogP contribution in [-0.4, -0.2) is 18.2 Å². The second-order valence-corrected chi connectivity index (χ2v) is 3.46. The lowest BCUT2D eigenvalue weighted by atomic mass is 10.1. The number of hydrogen-bond donors (Lipinski definition) is 1. The summed E-state index contributed by atoms with van der Waals surface area (Å²) >= 11 is 0. The third-order valence-electron chi connectivity index (χ3n) is 2.01. The molecule has 3 nitrogen and oxygen atoms in total. The first-order chi connectivity index (χ1) is 7.18. The van der Waals surface area contributed by atoms with Crippen LogP contribution in [0.5, 0.6) is 0 Å². The van der Waals surface area contributed by atoms with Crippen LogP contribution in [0.15, 0.2) is 30.3 Å². The average molecular weight is 205 g/mol. The van der Waals surface area contributed by atoms with E-state index >= 15 is 0 Å². The minimum Gasteiger partial charge on any atom is -0.355 e. The van der Waals surface area contributed by atoms with Gasteiger partial charge in [-0.15, -0.1) is 0 Å². The lowest BCUT2D eigenvalue weighted by Gasteiger charge is -2.03. The molecule has 0 heterocycles. The van der Waals surface area contributed by atoms with Crippen molar-refractivity contribution in [2.75, 3.05) is 6.54 Å². The zero-order valence-electron chi connectivity index (χ0n) is 8.82. The van der Waals surface area contributed by atoms with E-state index in [0.29, 0.717) is 19.4 Å². The molecule has 1 amide bonds. The molecule has 1 N–H and O–H groups in total. The van der Waals surface area contributed by atoms with E-state index in [-0.39, 0.29) is 11.7 Å². The molecular weight excluding hydrogens is 190 g/mol. The van der Waals surface area contributed by atoms with Crippen LogP contribution in [0.25, 0.3) is 0 Å². The molecule has 15 heavy (non-hydrogen) atoms. The van der Waals surface area contributed by atoms with Crippen molar-refractivity contribution in [3.05, 3.63) is 35.9 Å². The van der Waals surface area contributed by atoms with Gasteiger partial charge in [-0.3, -0.25) is 9.59 Å². The summed E-state index contributed by atoms with van der Waals surface area (Å²) < 4.78 is 0. The highest BCUT2D eigenvalue weighted by atomic mass is 16.1. The highest BCUT2D eigenvalue weighted by molar-refractivity contribution is 5.80. The Kier molecular flexibility index (Phi) is 4.54. The molecule has 0 aliphatic carbocycles. The lowest BCUT2D eigenvalue weighted by molar-refractivity contribution is -0.120. The van der Waals surface area contributed by atoms with Crippen molar-refractivity contribution in [2.45, 2.75) is 19.8 Å². The number of benzene rings is 1. The van der Waals surface area contributed by atoms with E-state index in [2.05, 4.69) is 5.32 Å². The first kappa shape index (κ1) is 11.4. The van der Waals surface area contributed by atoms with Gasteiger partial charge in [-0.1, -0.05) is 30.3 Å². The molecule has 1 aromatic rings. The van der Waals surface area contributed by atoms with Gasteiger partial charge in [0.2, 0.25) is 5.91 Å². The van der Waals surface area contributed by atoms with E-state index in [1.54, 1.807) is 0 Å². The van der Waals surface area contributed by atoms with Crippen LogP contribution < -0.4 is 5.32 Å². The molecule has 0 bridgehead atoms. The van der Waals surface area contributed by atoms with Crippen LogP contribution in [0.2, 0.25) is 0 Å². The molecule has 80 valence electrons. The predicted octanol–water partition coefficient (Wildman–Crippen LogP) is 1.32. The first-order valence-corrected chi connectivity index (χ1v) is 4.98. The molecule has 0 aliphatic rings. The topological polar surface area (TPSA) is 46.2 Å². The van der Waals surface area contributed by atoms with E-state index in [4.69, 9.17) is 0 Å². The minimum absolute atomic E-state index is 0.0394. The van der Waals surface area contributed by atoms with Crippen molar-refractivity contribution in [1.82, 2.24) is 5.32 Å². The third-order valence-corrected chi connectivity index (χ3v) is 2.01. The number of hydrogen-bond acceptors (Lipinski definition) is 2. The molecule has 0 aromatic heterocycles. The van der Waals surface area contributed by atoms with Crippen LogP contribution in [0.4, 0.5) is 0 Å². The zero-order valence-corrected chi connectivity index (χ0v) is 8.82. The Balaban J connectivity index is 2.28. The van der Waals surface area contributed by atoms with Crippen molar-refractivity contribution in [3.63, 3.8) is 0 Å². The summed E-state index contributed by atoms with van der Waals surface area (Å²) in [4.78, 5) is 22.0. The predicted molar refractivity (Wildman–Crippen MR) is 58.5 cm³/mol. The van der Waals surface area contributed by atoms with E-state index < -0.39 is 0 Å². The minimum atomic E-state index is -0.0394. The maximum Gasteiger partial charge on any atom is 0.224 e. The Labute approximate surface area is 89.5 Å². The molecule has 0 fully saturated rings. The summed E-state index contributed by atoms with van der Waals surface area (Å²) in [6.07, 6.45) is 0.777. The lowest BCUT2D eigenvalue weighted by Crippen LogP contribution is -2.27. The summed E-state index contributed by atoms with van der Waals surface area (Å²) in [5.41, 5.74) is 0.984. The van der Waals surface area contributed by atoms with Crippen molar-refractivity contribution < 1.29 is 9.59 Å². The first-order valence-electron chi connectivity index (χ1n) is 4.98. The Morgan fingerprint density at radius 3 is 2.47 bits per heavy atom. The van der Waals surface area contributed by atoms with Gasteiger partial charge in [0, 0.05) is 13.0 Å². The average Bonchev–Trinajstić information content (AvgIpc) is 2.18. The Morgan fingerprint density at radius 2 is 1.87 bits per heavy atom. The molecule has 0 saturated carbocycles. The second kappa shape index (κ2) is 5.96. The second-order valence-electron chi connectivity index (χ2n) is 3.46. The molecule has 0 aliphatic heterocycles. The number of rotatable bonds is 5. The molecular formula is C12H15NO2. The van der Waals surface area contributed by atoms with Crippen LogP contribution in [0, 0.1) is 0 Å². The fourth-order valence-corrected chi connectivity index (χ4v) is 1.22. The van der Waals surface area contributed by atoms with E-state index in [9.17, 15) is 9.59 Å². The SMILES string of the molecule is CC(=O)CCNC(=O)Cc1ccccc1. The number of Topliss-reactive ketones (excluding diaryl/α,β-unsaturated/α-hetero) is 1. The van der Waals surface area contributed by atoms with E-state index in [1.165, 1.54) is 6.92 Å². The Morgan fingerprint density at radius 1 is 1.20 bits per heavy atom. The summed E-state index contributed by atoms with van der Waals surface area (Å²) in [6, 6.07) is 9.53. The number of amides is 1. The zero-order chi connectivity index (χ0) is 11.1. The smallest absolute Gasteiger partial charge is 0.224 e. The Bertz CT molecular complexity index is 333. The maximum atomic E-state index is 11.4. The van der Waals surface area contributed by atoms with Crippen molar-refractivity contribution in [3.8, 4) is 0 Å². The quantitative estimate of drug-likeness (QED) is 0.788. The van der Waals surface area contributed by atoms with Crippen LogP contribution in [-0.2, 0) is 16.0 Å². The molecule has 1 rings (SSSR count). The van der Waals surface area contributed by atoms with Crippen LogP contribution in [0.1, 0.15) is 18.9 Å². The monoisotopic (exact) mass is 205 g/mol. The van der Waals surface area contributed by atoms with Gasteiger partial charge in [-0.25, -0.2) is 0 Å². The fraction of sp³-hybridized carbons (Fsp3) is 0.333. The summed E-state index contributed by atoms with van der Waals surface area (Å²) in [5, 5.41) is 2.70. The van der Waals surface area contributed by atoms with E-state index in [0.717, 1.165) is 5.56 Å². The molecule has 0 unspecified atom stereocenters. The van der Waals surface area contributed by atoms with Crippen LogP contribution >= 0.6 is 0 Å². The summed E-state index contributed by atoms with van der Waals surface area (Å²) in [5.74, 6) is 0.0532. The number of ketones is 1. The van der Waals surface area contributed by atoms with Gasteiger partial charge in [0.05, 0.1) is 6.42 Å². The maximum absolute atomic E-state index is 11.4. The van der Waals surface area contributed by atoms with Gasteiger partial charge in [0.15, 0.2) is 0 Å². The standard InChI is InChI=1S/C12H15NO2/c1-10(14)7-8-13-12(15)9-11-5-3-2-4-6-11/h2-6H,7-9H2,1H3,(H,13,15). The number of nitrogens with one attached hydrogen (secondary N) is 1. The van der Waals surface area contributed by atoms with Gasteiger partial charge < -0.3 is 5.32 Å². The molecule has 0 radical (unpaired) electrons. The molecule has 3 heteroatoms. The summed E-state index contributed by atoms with van der Waals surface area (Å²) in [6.45, 7) is 1.95. The Hall–Kier alpha value is -1.64.